The second-order valence-electron chi connectivity index (χ2n) is 6.67. The van der Waals surface area contributed by atoms with Crippen molar-refractivity contribution in [2.24, 2.45) is 0 Å². The molecule has 0 bridgehead atoms. The molecule has 0 unspecified atom stereocenters. The van der Waals surface area contributed by atoms with Gasteiger partial charge >= 0.3 is 0 Å². The number of hydrogen-bond acceptors (Lipinski definition) is 3. The first-order valence-corrected chi connectivity index (χ1v) is 8.58. The van der Waals surface area contributed by atoms with Gasteiger partial charge in [0.1, 0.15) is 0 Å². The molecule has 3 heterocycles. The lowest BCUT2D eigenvalue weighted by Crippen LogP contribution is -2.37. The standard InChI is InChI=1S/C18H25N3O2/c1-13-5-6-16(18(23)21-9-3-4-10-21)17(19-13)15-7-11-20(12-8-15)14(2)22/h5-6,15H,3-4,7-12H2,1-2H3. The minimum Gasteiger partial charge on any atom is -0.343 e. The number of carbonyl (C=O) groups excluding carboxylic acids is 2. The minimum absolute atomic E-state index is 0.124. The number of carbonyl (C=O) groups is 2. The number of rotatable bonds is 2. The van der Waals surface area contributed by atoms with Gasteiger partial charge in [-0.2, -0.15) is 0 Å². The van der Waals surface area contributed by atoms with Gasteiger partial charge in [-0.3, -0.25) is 14.6 Å². The molecule has 0 aromatic carbocycles. The van der Waals surface area contributed by atoms with E-state index in [9.17, 15) is 9.59 Å². The summed E-state index contributed by atoms with van der Waals surface area (Å²) in [5.41, 5.74) is 2.65. The van der Waals surface area contributed by atoms with Gasteiger partial charge in [-0.25, -0.2) is 0 Å². The third-order valence-corrected chi connectivity index (χ3v) is 5.01. The Morgan fingerprint density at radius 1 is 1.04 bits per heavy atom. The van der Waals surface area contributed by atoms with Crippen LogP contribution in [0.4, 0.5) is 0 Å². The molecule has 2 aliphatic rings. The van der Waals surface area contributed by atoms with Crippen LogP contribution in [0.1, 0.15) is 60.3 Å². The van der Waals surface area contributed by atoms with Crippen LogP contribution >= 0.6 is 0 Å². The van der Waals surface area contributed by atoms with E-state index in [0.29, 0.717) is 0 Å². The van der Waals surface area contributed by atoms with Gasteiger partial charge in [0.25, 0.3) is 5.91 Å². The van der Waals surface area contributed by atoms with E-state index < -0.39 is 0 Å². The highest BCUT2D eigenvalue weighted by Crippen LogP contribution is 2.30. The van der Waals surface area contributed by atoms with Gasteiger partial charge in [0, 0.05) is 44.7 Å². The van der Waals surface area contributed by atoms with Crippen molar-refractivity contribution in [2.45, 2.75) is 45.4 Å². The van der Waals surface area contributed by atoms with Crippen LogP contribution in [0.25, 0.3) is 0 Å². The van der Waals surface area contributed by atoms with E-state index in [1.165, 1.54) is 0 Å². The third-order valence-electron chi connectivity index (χ3n) is 5.01. The molecular formula is C18H25N3O2. The van der Waals surface area contributed by atoms with Crippen molar-refractivity contribution in [3.63, 3.8) is 0 Å². The first-order valence-electron chi connectivity index (χ1n) is 8.58. The van der Waals surface area contributed by atoms with E-state index in [4.69, 9.17) is 4.98 Å². The number of piperidine rings is 1. The van der Waals surface area contributed by atoms with Gasteiger partial charge in [-0.1, -0.05) is 0 Å². The Morgan fingerprint density at radius 3 is 2.30 bits per heavy atom. The van der Waals surface area contributed by atoms with Crippen LogP contribution in [-0.2, 0) is 4.79 Å². The number of amides is 2. The zero-order valence-electron chi connectivity index (χ0n) is 14.0. The molecule has 2 saturated heterocycles. The molecule has 2 fully saturated rings. The molecule has 5 nitrogen and oxygen atoms in total. The molecule has 3 rings (SSSR count). The Morgan fingerprint density at radius 2 is 1.70 bits per heavy atom. The molecule has 0 aliphatic carbocycles. The van der Waals surface area contributed by atoms with Crippen LogP contribution in [0, 0.1) is 6.92 Å². The lowest BCUT2D eigenvalue weighted by molar-refractivity contribution is -0.129. The maximum atomic E-state index is 12.8. The predicted octanol–water partition coefficient (Wildman–Crippen LogP) is 2.35. The SMILES string of the molecule is CC(=O)N1CCC(c2nc(C)ccc2C(=O)N2CCCC2)CC1. The molecule has 0 atom stereocenters. The molecule has 0 spiro atoms. The van der Waals surface area contributed by atoms with Gasteiger partial charge in [0.2, 0.25) is 5.91 Å². The summed E-state index contributed by atoms with van der Waals surface area (Å²) in [5, 5.41) is 0. The van der Waals surface area contributed by atoms with Crippen molar-refractivity contribution in [1.82, 2.24) is 14.8 Å². The largest absolute Gasteiger partial charge is 0.343 e. The maximum absolute atomic E-state index is 12.8. The van der Waals surface area contributed by atoms with Crippen LogP contribution in [0.2, 0.25) is 0 Å². The average Bonchev–Trinajstić information content (AvgIpc) is 3.08. The van der Waals surface area contributed by atoms with Crippen molar-refractivity contribution in [1.29, 1.82) is 0 Å². The Bertz CT molecular complexity index is 600. The van der Waals surface area contributed by atoms with Crippen LogP contribution in [0.5, 0.6) is 0 Å². The highest BCUT2D eigenvalue weighted by molar-refractivity contribution is 5.95. The molecule has 0 saturated carbocycles. The zero-order valence-corrected chi connectivity index (χ0v) is 14.0. The molecule has 23 heavy (non-hydrogen) atoms. The fourth-order valence-corrected chi connectivity index (χ4v) is 3.63. The van der Waals surface area contributed by atoms with E-state index in [1.54, 1.807) is 6.92 Å². The summed E-state index contributed by atoms with van der Waals surface area (Å²) >= 11 is 0. The van der Waals surface area contributed by atoms with E-state index in [-0.39, 0.29) is 17.7 Å². The van der Waals surface area contributed by atoms with Gasteiger partial charge < -0.3 is 9.80 Å². The summed E-state index contributed by atoms with van der Waals surface area (Å²) in [5.74, 6) is 0.528. The van der Waals surface area contributed by atoms with Crippen LogP contribution < -0.4 is 0 Å². The lowest BCUT2D eigenvalue weighted by atomic mass is 9.89. The van der Waals surface area contributed by atoms with Crippen LogP contribution in [-0.4, -0.2) is 52.8 Å². The predicted molar refractivity (Wildman–Crippen MR) is 88.3 cm³/mol. The molecule has 0 radical (unpaired) electrons. The van der Waals surface area contributed by atoms with E-state index >= 15 is 0 Å². The highest BCUT2D eigenvalue weighted by atomic mass is 16.2. The number of aryl methyl sites for hydroxylation is 1. The molecule has 124 valence electrons. The van der Waals surface area contributed by atoms with Crippen molar-refractivity contribution in [2.75, 3.05) is 26.2 Å². The fraction of sp³-hybridized carbons (Fsp3) is 0.611. The summed E-state index contributed by atoms with van der Waals surface area (Å²) in [7, 11) is 0. The normalized spacial score (nSPS) is 19.2. The second kappa shape index (κ2) is 6.69. The number of pyridine rings is 1. The number of hydrogen-bond donors (Lipinski definition) is 0. The minimum atomic E-state index is 0.124. The van der Waals surface area contributed by atoms with Crippen molar-refractivity contribution >= 4 is 11.8 Å². The Kier molecular flexibility index (Phi) is 4.64. The number of aromatic nitrogens is 1. The Hall–Kier alpha value is -1.91. The molecular weight excluding hydrogens is 290 g/mol. The Balaban J connectivity index is 1.82. The number of likely N-dealkylation sites (tertiary alicyclic amines) is 2. The van der Waals surface area contributed by atoms with Gasteiger partial charge in [-0.15, -0.1) is 0 Å². The zero-order chi connectivity index (χ0) is 16.4. The van der Waals surface area contributed by atoms with Crippen LogP contribution in [0.15, 0.2) is 12.1 Å². The van der Waals surface area contributed by atoms with Gasteiger partial charge in [0.05, 0.1) is 11.3 Å². The van der Waals surface area contributed by atoms with E-state index in [1.807, 2.05) is 28.9 Å². The van der Waals surface area contributed by atoms with Crippen molar-refractivity contribution in [3.8, 4) is 0 Å². The smallest absolute Gasteiger partial charge is 0.255 e. The Labute approximate surface area is 137 Å². The lowest BCUT2D eigenvalue weighted by Gasteiger charge is -2.32. The molecule has 5 heteroatoms. The molecule has 1 aromatic heterocycles. The molecule has 2 aliphatic heterocycles. The second-order valence-corrected chi connectivity index (χ2v) is 6.67. The number of nitrogens with zero attached hydrogens (tertiary/aromatic N) is 3. The third kappa shape index (κ3) is 3.38. The topological polar surface area (TPSA) is 53.5 Å². The molecule has 1 aromatic rings. The van der Waals surface area contributed by atoms with E-state index in [0.717, 1.165) is 68.8 Å². The first-order chi connectivity index (χ1) is 11.1. The highest BCUT2D eigenvalue weighted by Gasteiger charge is 2.29. The maximum Gasteiger partial charge on any atom is 0.255 e. The van der Waals surface area contributed by atoms with E-state index in [2.05, 4.69) is 0 Å². The van der Waals surface area contributed by atoms with Crippen molar-refractivity contribution < 1.29 is 9.59 Å². The summed E-state index contributed by atoms with van der Waals surface area (Å²) in [6, 6.07) is 3.87. The fourth-order valence-electron chi connectivity index (χ4n) is 3.63. The first kappa shape index (κ1) is 16.0. The summed E-state index contributed by atoms with van der Waals surface area (Å²) in [6.45, 7) is 6.82. The van der Waals surface area contributed by atoms with Gasteiger partial charge in [-0.05, 0) is 44.7 Å². The summed E-state index contributed by atoms with van der Waals surface area (Å²) in [6.07, 6.45) is 3.96. The van der Waals surface area contributed by atoms with Gasteiger partial charge in [0.15, 0.2) is 0 Å². The summed E-state index contributed by atoms with van der Waals surface area (Å²) in [4.78, 5) is 32.8. The van der Waals surface area contributed by atoms with Crippen LogP contribution in [0.3, 0.4) is 0 Å². The summed E-state index contributed by atoms with van der Waals surface area (Å²) < 4.78 is 0. The molecule has 0 N–H and O–H groups in total. The monoisotopic (exact) mass is 315 g/mol. The quantitative estimate of drug-likeness (QED) is 0.842. The van der Waals surface area contributed by atoms with Crippen molar-refractivity contribution in [3.05, 3.63) is 29.1 Å². The molecule has 2 amide bonds. The average molecular weight is 315 g/mol.